The van der Waals surface area contributed by atoms with Gasteiger partial charge in [0, 0.05) is 37.3 Å². The molecule has 0 aliphatic heterocycles. The van der Waals surface area contributed by atoms with Crippen LogP contribution in [0, 0.1) is 0 Å². The van der Waals surface area contributed by atoms with Gasteiger partial charge in [-0.15, -0.1) is 11.3 Å². The number of benzene rings is 2. The molecule has 0 aliphatic rings. The minimum atomic E-state index is -0.0507. The maximum absolute atomic E-state index is 6.41. The molecule has 0 bridgehead atoms. The predicted molar refractivity (Wildman–Crippen MR) is 138 cm³/mol. The number of thiazole rings is 1. The number of fused-ring (bicyclic) bond motifs is 2. The molecule has 3 N–H and O–H groups in total. The zero-order valence-electron chi connectivity index (χ0n) is 19.1. The Labute approximate surface area is 196 Å². The third-order valence-electron chi connectivity index (χ3n) is 5.03. The molecular formula is C24H27N7OS. The van der Waals surface area contributed by atoms with Gasteiger partial charge in [0.05, 0.1) is 26.6 Å². The Morgan fingerprint density at radius 2 is 2.06 bits per heavy atom. The van der Waals surface area contributed by atoms with Gasteiger partial charge in [0.25, 0.3) is 0 Å². The Morgan fingerprint density at radius 1 is 1.21 bits per heavy atom. The first kappa shape index (κ1) is 22.6. The lowest BCUT2D eigenvalue weighted by molar-refractivity contribution is 0.179. The highest BCUT2D eigenvalue weighted by Gasteiger charge is 2.17. The van der Waals surface area contributed by atoms with Gasteiger partial charge in [-0.05, 0) is 56.9 Å². The second kappa shape index (κ2) is 9.93. The lowest BCUT2D eigenvalue weighted by Crippen LogP contribution is -2.28. The minimum absolute atomic E-state index is 0.0507. The summed E-state index contributed by atoms with van der Waals surface area (Å²) in [6.45, 7) is 2.81. The standard InChI is InChI=1S/C24H27N7OS/c1-15(12-31(3)4)32-21-8-16(17(10-25)11-26-2)7-20-23(21)24(28-13-27-20)30-18-5-6-19-22(9-18)33-14-29-19/h5-11,13-15H,12,25H2,1-4H3,(H,27,28,30)/b17-10+,26-11?. The molecule has 2 aromatic heterocycles. The van der Waals surface area contributed by atoms with Crippen LogP contribution in [0.4, 0.5) is 11.5 Å². The van der Waals surface area contributed by atoms with Crippen molar-refractivity contribution >= 4 is 55.7 Å². The molecule has 0 amide bonds. The summed E-state index contributed by atoms with van der Waals surface area (Å²) in [5.41, 5.74) is 12.0. The van der Waals surface area contributed by atoms with E-state index in [0.717, 1.165) is 44.5 Å². The zero-order chi connectivity index (χ0) is 23.4. The van der Waals surface area contributed by atoms with E-state index in [2.05, 4.69) is 36.2 Å². The van der Waals surface area contributed by atoms with E-state index in [1.807, 2.05) is 50.8 Å². The van der Waals surface area contributed by atoms with Gasteiger partial charge in [-0.1, -0.05) is 0 Å². The van der Waals surface area contributed by atoms with Crippen molar-refractivity contribution in [2.45, 2.75) is 13.0 Å². The lowest BCUT2D eigenvalue weighted by Gasteiger charge is -2.21. The van der Waals surface area contributed by atoms with Crippen molar-refractivity contribution in [3.8, 4) is 5.75 Å². The molecule has 8 nitrogen and oxygen atoms in total. The number of nitrogens with zero attached hydrogens (tertiary/aromatic N) is 5. The van der Waals surface area contributed by atoms with Crippen LogP contribution < -0.4 is 15.8 Å². The van der Waals surface area contributed by atoms with Crippen LogP contribution in [0.1, 0.15) is 12.5 Å². The first-order valence-corrected chi connectivity index (χ1v) is 11.4. The van der Waals surface area contributed by atoms with Crippen LogP contribution in [-0.4, -0.2) is 59.9 Å². The average Bonchev–Trinajstić information content (AvgIpc) is 3.24. The highest BCUT2D eigenvalue weighted by molar-refractivity contribution is 7.16. The molecule has 4 aromatic rings. The molecule has 9 heteroatoms. The van der Waals surface area contributed by atoms with Crippen molar-refractivity contribution in [1.29, 1.82) is 0 Å². The monoisotopic (exact) mass is 461 g/mol. The van der Waals surface area contributed by atoms with Crippen molar-refractivity contribution < 1.29 is 4.74 Å². The molecule has 0 spiro atoms. The third kappa shape index (κ3) is 5.10. The van der Waals surface area contributed by atoms with Crippen LogP contribution in [-0.2, 0) is 0 Å². The van der Waals surface area contributed by atoms with Gasteiger partial charge in [-0.3, -0.25) is 4.99 Å². The van der Waals surface area contributed by atoms with Crippen molar-refractivity contribution in [2.75, 3.05) is 33.0 Å². The molecule has 0 fully saturated rings. The SMILES string of the molecule is CN=C/C(=C\N)c1cc(OC(C)CN(C)C)c2c(Nc3ccc4ncsc4c3)ncnc2c1. The number of ether oxygens (including phenoxy) is 1. The summed E-state index contributed by atoms with van der Waals surface area (Å²) in [6, 6.07) is 9.99. The number of rotatable bonds is 8. The second-order valence-corrected chi connectivity index (χ2v) is 8.84. The van der Waals surface area contributed by atoms with Gasteiger partial charge in [0.2, 0.25) is 0 Å². The Balaban J connectivity index is 1.82. The van der Waals surface area contributed by atoms with E-state index in [1.165, 1.54) is 6.20 Å². The van der Waals surface area contributed by atoms with Crippen molar-refractivity contribution in [3.05, 3.63) is 53.9 Å². The molecule has 0 saturated carbocycles. The number of allylic oxidation sites excluding steroid dienone is 1. The summed E-state index contributed by atoms with van der Waals surface area (Å²) >= 11 is 1.60. The van der Waals surface area contributed by atoms with E-state index in [-0.39, 0.29) is 6.10 Å². The van der Waals surface area contributed by atoms with E-state index < -0.39 is 0 Å². The quantitative estimate of drug-likeness (QED) is 0.377. The topological polar surface area (TPSA) is 102 Å². The number of nitrogens with one attached hydrogen (secondary N) is 1. The summed E-state index contributed by atoms with van der Waals surface area (Å²) in [7, 11) is 5.76. The Hall–Kier alpha value is -3.56. The fourth-order valence-corrected chi connectivity index (χ4v) is 4.42. The van der Waals surface area contributed by atoms with Crippen LogP contribution in [0.25, 0.3) is 26.7 Å². The Bertz CT molecular complexity index is 1330. The highest BCUT2D eigenvalue weighted by atomic mass is 32.1. The molecular weight excluding hydrogens is 434 g/mol. The molecule has 170 valence electrons. The van der Waals surface area contributed by atoms with Crippen LogP contribution in [0.15, 0.2) is 53.4 Å². The first-order valence-electron chi connectivity index (χ1n) is 10.5. The van der Waals surface area contributed by atoms with Crippen LogP contribution in [0.3, 0.4) is 0 Å². The second-order valence-electron chi connectivity index (χ2n) is 7.95. The largest absolute Gasteiger partial charge is 0.489 e. The number of nitrogens with two attached hydrogens (primary N) is 1. The summed E-state index contributed by atoms with van der Waals surface area (Å²) in [5.74, 6) is 1.35. The third-order valence-corrected chi connectivity index (χ3v) is 5.82. The molecule has 2 aromatic carbocycles. The van der Waals surface area contributed by atoms with E-state index in [0.29, 0.717) is 11.6 Å². The molecule has 33 heavy (non-hydrogen) atoms. The highest BCUT2D eigenvalue weighted by Crippen LogP contribution is 2.35. The summed E-state index contributed by atoms with van der Waals surface area (Å²) in [6.07, 6.45) is 4.75. The van der Waals surface area contributed by atoms with E-state index in [9.17, 15) is 0 Å². The Morgan fingerprint density at radius 3 is 2.82 bits per heavy atom. The van der Waals surface area contributed by atoms with Crippen molar-refractivity contribution in [1.82, 2.24) is 19.9 Å². The van der Waals surface area contributed by atoms with Crippen LogP contribution >= 0.6 is 11.3 Å². The van der Waals surface area contributed by atoms with Gasteiger partial charge in [-0.25, -0.2) is 15.0 Å². The van der Waals surface area contributed by atoms with Gasteiger partial charge >= 0.3 is 0 Å². The molecule has 2 heterocycles. The maximum Gasteiger partial charge on any atom is 0.145 e. The molecule has 1 atom stereocenters. The van der Waals surface area contributed by atoms with Gasteiger partial charge in [0.15, 0.2) is 0 Å². The number of likely N-dealkylation sites (N-methyl/N-ethyl adjacent to an activating group) is 1. The fourth-order valence-electron chi connectivity index (χ4n) is 3.70. The van der Waals surface area contributed by atoms with Gasteiger partial charge in [-0.2, -0.15) is 0 Å². The van der Waals surface area contributed by atoms with E-state index in [4.69, 9.17) is 10.5 Å². The molecule has 1 unspecified atom stereocenters. The van der Waals surface area contributed by atoms with Crippen molar-refractivity contribution in [2.24, 2.45) is 10.7 Å². The molecule has 0 radical (unpaired) electrons. The number of hydrogen-bond donors (Lipinski definition) is 2. The predicted octanol–water partition coefficient (Wildman–Crippen LogP) is 4.31. The first-order chi connectivity index (χ1) is 16.0. The van der Waals surface area contributed by atoms with Crippen LogP contribution in [0.5, 0.6) is 5.75 Å². The lowest BCUT2D eigenvalue weighted by atomic mass is 10.0. The molecule has 0 saturated heterocycles. The summed E-state index contributed by atoms with van der Waals surface area (Å²) < 4.78 is 7.51. The summed E-state index contributed by atoms with van der Waals surface area (Å²) in [5, 5.41) is 4.25. The number of hydrogen-bond acceptors (Lipinski definition) is 9. The fraction of sp³-hybridized carbons (Fsp3) is 0.250. The molecule has 0 aliphatic carbocycles. The Kier molecular flexibility index (Phi) is 6.81. The maximum atomic E-state index is 6.41. The minimum Gasteiger partial charge on any atom is -0.489 e. The average molecular weight is 462 g/mol. The van der Waals surface area contributed by atoms with Gasteiger partial charge < -0.3 is 20.7 Å². The summed E-state index contributed by atoms with van der Waals surface area (Å²) in [4.78, 5) is 19.6. The van der Waals surface area contributed by atoms with E-state index in [1.54, 1.807) is 30.9 Å². The van der Waals surface area contributed by atoms with E-state index >= 15 is 0 Å². The number of aromatic nitrogens is 3. The van der Waals surface area contributed by atoms with Crippen molar-refractivity contribution in [3.63, 3.8) is 0 Å². The smallest absolute Gasteiger partial charge is 0.145 e. The molecule has 4 rings (SSSR count). The normalized spacial score (nSPS) is 13.3. The van der Waals surface area contributed by atoms with Crippen LogP contribution in [0.2, 0.25) is 0 Å². The number of aliphatic imine (C=N–C) groups is 1. The zero-order valence-corrected chi connectivity index (χ0v) is 19.9. The van der Waals surface area contributed by atoms with Gasteiger partial charge in [0.1, 0.15) is 24.0 Å². The number of anilines is 2.